The second-order valence-corrected chi connectivity index (χ2v) is 5.34. The van der Waals surface area contributed by atoms with Gasteiger partial charge in [0.2, 0.25) is 0 Å². The number of halogens is 1. The average molecular weight is 439 g/mol. The predicted octanol–water partition coefficient (Wildman–Crippen LogP) is 3.35. The van der Waals surface area contributed by atoms with Crippen LogP contribution in [0.4, 0.5) is 0 Å². The lowest BCUT2D eigenvalue weighted by Gasteiger charge is -2.11. The Morgan fingerprint density at radius 3 is 2.42 bits per heavy atom. The summed E-state index contributed by atoms with van der Waals surface area (Å²) in [6.07, 6.45) is 1.78. The summed E-state index contributed by atoms with van der Waals surface area (Å²) in [5.74, 6) is 1.15. The molecule has 130 valence electrons. The summed E-state index contributed by atoms with van der Waals surface area (Å²) >= 11 is 0. The second kappa shape index (κ2) is 11.7. The number of guanidine groups is 1. The number of rotatable bonds is 7. The van der Waals surface area contributed by atoms with Gasteiger partial charge in [0.25, 0.3) is 0 Å². The number of hydrogen-bond donors (Lipinski definition) is 3. The molecule has 0 radical (unpaired) electrons. The van der Waals surface area contributed by atoms with E-state index in [4.69, 9.17) is 0 Å². The third kappa shape index (κ3) is 7.68. The molecule has 24 heavy (non-hydrogen) atoms. The smallest absolute Gasteiger partial charge is 0.191 e. The maximum Gasteiger partial charge on any atom is 0.191 e. The van der Waals surface area contributed by atoms with Gasteiger partial charge in [0.05, 0.1) is 0 Å². The third-order valence-corrected chi connectivity index (χ3v) is 3.47. The molecule has 5 heteroatoms. The lowest BCUT2D eigenvalue weighted by molar-refractivity contribution is 0.474. The Balaban J connectivity index is 0.00000288. The molecule has 0 unspecified atom stereocenters. The highest BCUT2D eigenvalue weighted by Gasteiger charge is 1.99. The van der Waals surface area contributed by atoms with Gasteiger partial charge in [-0.1, -0.05) is 42.5 Å². The fraction of sp³-hybridized carbons (Fsp3) is 0.316. The maximum atomic E-state index is 9.47. The molecular formula is C19H26IN3O. The molecule has 2 rings (SSSR count). The highest BCUT2D eigenvalue weighted by atomic mass is 127. The van der Waals surface area contributed by atoms with E-state index < -0.39 is 0 Å². The molecule has 0 aliphatic carbocycles. The van der Waals surface area contributed by atoms with Crippen LogP contribution in [0.25, 0.3) is 0 Å². The molecule has 0 heterocycles. The normalized spacial score (nSPS) is 10.8. The number of hydrogen-bond acceptors (Lipinski definition) is 2. The molecule has 0 atom stereocenters. The van der Waals surface area contributed by atoms with E-state index in [1.165, 1.54) is 5.56 Å². The van der Waals surface area contributed by atoms with Crippen LogP contribution in [0.5, 0.6) is 5.75 Å². The van der Waals surface area contributed by atoms with Crippen LogP contribution in [0.15, 0.2) is 59.6 Å². The minimum atomic E-state index is 0. The molecule has 4 nitrogen and oxygen atoms in total. The Labute approximate surface area is 161 Å². The van der Waals surface area contributed by atoms with Crippen molar-refractivity contribution in [1.29, 1.82) is 0 Å². The summed E-state index contributed by atoms with van der Waals surface area (Å²) in [5, 5.41) is 16.1. The van der Waals surface area contributed by atoms with E-state index in [1.807, 2.05) is 18.2 Å². The molecule has 0 fully saturated rings. The van der Waals surface area contributed by atoms with Crippen molar-refractivity contribution in [2.45, 2.75) is 19.8 Å². The van der Waals surface area contributed by atoms with Crippen LogP contribution in [0.3, 0.4) is 0 Å². The lowest BCUT2D eigenvalue weighted by atomic mass is 10.1. The third-order valence-electron chi connectivity index (χ3n) is 3.47. The van der Waals surface area contributed by atoms with E-state index in [-0.39, 0.29) is 24.0 Å². The molecule has 0 saturated carbocycles. The van der Waals surface area contributed by atoms with E-state index in [2.05, 4.69) is 46.8 Å². The van der Waals surface area contributed by atoms with E-state index in [0.29, 0.717) is 5.75 Å². The van der Waals surface area contributed by atoms with E-state index in [1.54, 1.807) is 12.1 Å². The molecule has 0 aromatic heterocycles. The molecule has 0 saturated heterocycles. The van der Waals surface area contributed by atoms with E-state index in [0.717, 1.165) is 44.0 Å². The monoisotopic (exact) mass is 439 g/mol. The summed E-state index contributed by atoms with van der Waals surface area (Å²) < 4.78 is 0. The van der Waals surface area contributed by atoms with Crippen molar-refractivity contribution in [3.8, 4) is 5.75 Å². The SMILES string of the molecule is CCNC(=NCCc1ccccc1)NCCc1cccc(O)c1.I. The molecule has 0 bridgehead atoms. The van der Waals surface area contributed by atoms with Gasteiger partial charge in [0.1, 0.15) is 5.75 Å². The first-order chi connectivity index (χ1) is 11.3. The summed E-state index contributed by atoms with van der Waals surface area (Å²) in [4.78, 5) is 4.60. The highest BCUT2D eigenvalue weighted by molar-refractivity contribution is 14.0. The van der Waals surface area contributed by atoms with Crippen molar-refractivity contribution in [1.82, 2.24) is 10.6 Å². The largest absolute Gasteiger partial charge is 0.508 e. The van der Waals surface area contributed by atoms with Crippen molar-refractivity contribution in [2.75, 3.05) is 19.6 Å². The number of aliphatic imine (C=N–C) groups is 1. The van der Waals surface area contributed by atoms with Gasteiger partial charge in [0, 0.05) is 19.6 Å². The van der Waals surface area contributed by atoms with Crippen LogP contribution >= 0.6 is 24.0 Å². The Hall–Kier alpha value is -1.76. The van der Waals surface area contributed by atoms with Gasteiger partial charge in [0.15, 0.2) is 5.96 Å². The zero-order chi connectivity index (χ0) is 16.3. The van der Waals surface area contributed by atoms with Crippen LogP contribution in [-0.2, 0) is 12.8 Å². The number of aromatic hydroxyl groups is 1. The van der Waals surface area contributed by atoms with Crippen LogP contribution in [0, 0.1) is 0 Å². The Bertz CT molecular complexity index is 617. The van der Waals surface area contributed by atoms with Crippen LogP contribution in [0.1, 0.15) is 18.1 Å². The van der Waals surface area contributed by atoms with Crippen LogP contribution < -0.4 is 10.6 Å². The summed E-state index contributed by atoms with van der Waals surface area (Å²) in [7, 11) is 0. The van der Waals surface area contributed by atoms with Gasteiger partial charge in [-0.05, 0) is 43.0 Å². The molecule has 0 aliphatic heterocycles. The summed E-state index contributed by atoms with van der Waals surface area (Å²) in [6, 6.07) is 17.7. The van der Waals surface area contributed by atoms with E-state index in [9.17, 15) is 5.11 Å². The molecule has 3 N–H and O–H groups in total. The van der Waals surface area contributed by atoms with Crippen LogP contribution in [-0.4, -0.2) is 30.7 Å². The van der Waals surface area contributed by atoms with Crippen molar-refractivity contribution in [2.24, 2.45) is 4.99 Å². The van der Waals surface area contributed by atoms with Crippen molar-refractivity contribution in [3.63, 3.8) is 0 Å². The average Bonchev–Trinajstić information content (AvgIpc) is 2.56. The maximum absolute atomic E-state index is 9.47. The van der Waals surface area contributed by atoms with Gasteiger partial charge in [-0.25, -0.2) is 0 Å². The van der Waals surface area contributed by atoms with Gasteiger partial charge < -0.3 is 15.7 Å². The minimum Gasteiger partial charge on any atom is -0.508 e. The van der Waals surface area contributed by atoms with Gasteiger partial charge in [-0.15, -0.1) is 24.0 Å². The number of nitrogens with zero attached hydrogens (tertiary/aromatic N) is 1. The minimum absolute atomic E-state index is 0. The van der Waals surface area contributed by atoms with Gasteiger partial charge in [-0.3, -0.25) is 4.99 Å². The number of benzene rings is 2. The van der Waals surface area contributed by atoms with Crippen molar-refractivity contribution >= 4 is 29.9 Å². The van der Waals surface area contributed by atoms with Crippen molar-refractivity contribution in [3.05, 3.63) is 65.7 Å². The van der Waals surface area contributed by atoms with Crippen molar-refractivity contribution < 1.29 is 5.11 Å². The zero-order valence-electron chi connectivity index (χ0n) is 14.0. The fourth-order valence-corrected chi connectivity index (χ4v) is 2.32. The highest BCUT2D eigenvalue weighted by Crippen LogP contribution is 2.10. The Morgan fingerprint density at radius 1 is 0.958 bits per heavy atom. The molecule has 0 aliphatic rings. The standard InChI is InChI=1S/C19H25N3O.HI/c1-2-20-19(21-13-11-16-7-4-3-5-8-16)22-14-12-17-9-6-10-18(23)15-17;/h3-10,15,23H,2,11-14H2,1H3,(H2,20,21,22);1H. The molecular weight excluding hydrogens is 413 g/mol. The first kappa shape index (κ1) is 20.3. The Kier molecular flexibility index (Phi) is 9.91. The molecule has 0 amide bonds. The number of nitrogens with one attached hydrogen (secondary N) is 2. The van der Waals surface area contributed by atoms with Crippen LogP contribution in [0.2, 0.25) is 0 Å². The fourth-order valence-electron chi connectivity index (χ4n) is 2.32. The molecule has 2 aromatic rings. The second-order valence-electron chi connectivity index (χ2n) is 5.34. The zero-order valence-corrected chi connectivity index (χ0v) is 16.4. The number of phenols is 1. The Morgan fingerprint density at radius 2 is 1.71 bits per heavy atom. The lowest BCUT2D eigenvalue weighted by Crippen LogP contribution is -2.38. The molecule has 2 aromatic carbocycles. The predicted molar refractivity (Wildman–Crippen MR) is 111 cm³/mol. The van der Waals surface area contributed by atoms with Gasteiger partial charge in [-0.2, -0.15) is 0 Å². The van der Waals surface area contributed by atoms with E-state index >= 15 is 0 Å². The topological polar surface area (TPSA) is 56.7 Å². The summed E-state index contributed by atoms with van der Waals surface area (Å²) in [6.45, 7) is 4.43. The number of phenolic OH excluding ortho intramolecular Hbond substituents is 1. The van der Waals surface area contributed by atoms with Gasteiger partial charge >= 0.3 is 0 Å². The summed E-state index contributed by atoms with van der Waals surface area (Å²) in [5.41, 5.74) is 2.41. The first-order valence-electron chi connectivity index (χ1n) is 8.12. The first-order valence-corrected chi connectivity index (χ1v) is 8.12. The quantitative estimate of drug-likeness (QED) is 0.353. The molecule has 0 spiro atoms.